The highest BCUT2D eigenvalue weighted by molar-refractivity contribution is 6.45. The zero-order valence-corrected chi connectivity index (χ0v) is 30.5. The van der Waals surface area contributed by atoms with Crippen molar-refractivity contribution in [3.05, 3.63) is 129 Å². The Labute approximate surface area is 310 Å². The summed E-state index contributed by atoms with van der Waals surface area (Å²) < 4.78 is 0. The van der Waals surface area contributed by atoms with Crippen molar-refractivity contribution < 1.29 is 19.2 Å². The number of carbonyl (C=O) groups excluding carboxylic acids is 4. The van der Waals surface area contributed by atoms with Crippen molar-refractivity contribution in [3.63, 3.8) is 0 Å². The van der Waals surface area contributed by atoms with Gasteiger partial charge in [-0.1, -0.05) is 77.9 Å². The largest absolute Gasteiger partial charge is 0.268 e. The van der Waals surface area contributed by atoms with E-state index in [0.717, 1.165) is 48.3 Å². The van der Waals surface area contributed by atoms with E-state index in [2.05, 4.69) is 47.6 Å². The molecule has 0 aromatic heterocycles. The fourth-order valence-corrected chi connectivity index (χ4v) is 8.40. The van der Waals surface area contributed by atoms with Gasteiger partial charge in [0.2, 0.25) is 0 Å². The molecule has 54 heavy (non-hydrogen) atoms. The first-order valence-electron chi connectivity index (χ1n) is 17.7. The van der Waals surface area contributed by atoms with Gasteiger partial charge in [0.25, 0.3) is 23.6 Å². The quantitative estimate of drug-likeness (QED) is 0.100. The van der Waals surface area contributed by atoms with Crippen LogP contribution >= 0.6 is 0 Å². The Morgan fingerprint density at radius 2 is 0.907 bits per heavy atom. The molecule has 0 aliphatic carbocycles. The molecule has 0 N–H and O–H groups in total. The highest BCUT2D eigenvalue weighted by Gasteiger charge is 2.39. The van der Waals surface area contributed by atoms with Crippen LogP contribution in [0.1, 0.15) is 105 Å². The predicted molar refractivity (Wildman–Crippen MR) is 210 cm³/mol. The summed E-state index contributed by atoms with van der Waals surface area (Å²) in [4.78, 5) is 59.9. The Balaban J connectivity index is 1.26. The third-order valence-corrected chi connectivity index (χ3v) is 11.1. The second-order valence-corrected chi connectivity index (χ2v) is 16.2. The molecular formula is C46H32N4O4. The number of amides is 4. The summed E-state index contributed by atoms with van der Waals surface area (Å²) in [7, 11) is 0. The van der Waals surface area contributed by atoms with Crippen LogP contribution in [-0.2, 0) is 10.8 Å². The molecule has 0 radical (unpaired) electrons. The number of hydrogen-bond donors (Lipinski definition) is 0. The number of hydrogen-bond acceptors (Lipinski definition) is 6. The Bertz CT molecular complexity index is 2900. The van der Waals surface area contributed by atoms with E-state index in [-0.39, 0.29) is 39.5 Å². The second kappa shape index (κ2) is 10.8. The average Bonchev–Trinajstić information content (AvgIpc) is 3.14. The topological polar surface area (TPSA) is 122 Å². The number of anilines is 2. The van der Waals surface area contributed by atoms with Crippen molar-refractivity contribution >= 4 is 78.1 Å². The van der Waals surface area contributed by atoms with Crippen LogP contribution in [0.15, 0.2) is 84.9 Å². The van der Waals surface area contributed by atoms with Gasteiger partial charge in [0.15, 0.2) is 0 Å². The Hall–Kier alpha value is -6.90. The average molecular weight is 705 g/mol. The van der Waals surface area contributed by atoms with Crippen LogP contribution in [0.2, 0.25) is 0 Å². The van der Waals surface area contributed by atoms with E-state index < -0.39 is 11.8 Å². The molecule has 0 bridgehead atoms. The Morgan fingerprint density at radius 3 is 1.31 bits per heavy atom. The number of fused-ring (bicyclic) bond motifs is 2. The first-order valence-corrected chi connectivity index (χ1v) is 17.7. The second-order valence-electron chi connectivity index (χ2n) is 16.2. The van der Waals surface area contributed by atoms with Gasteiger partial charge in [-0.05, 0) is 103 Å². The zero-order valence-electron chi connectivity index (χ0n) is 30.5. The fourth-order valence-electron chi connectivity index (χ4n) is 8.40. The smallest absolute Gasteiger partial charge is 0.265 e. The van der Waals surface area contributed by atoms with Crippen molar-refractivity contribution in [1.29, 1.82) is 10.5 Å². The first kappa shape index (κ1) is 33.0. The molecule has 2 heterocycles. The lowest BCUT2D eigenvalue weighted by molar-refractivity contribution is 0.0877. The summed E-state index contributed by atoms with van der Waals surface area (Å²) in [5.41, 5.74) is 3.88. The van der Waals surface area contributed by atoms with Crippen LogP contribution in [0.5, 0.6) is 0 Å². The molecule has 0 atom stereocenters. The molecule has 9 rings (SSSR count). The van der Waals surface area contributed by atoms with Crippen molar-refractivity contribution in [1.82, 2.24) is 0 Å². The number of imide groups is 2. The van der Waals surface area contributed by atoms with Crippen LogP contribution in [0.3, 0.4) is 0 Å². The van der Waals surface area contributed by atoms with Crippen molar-refractivity contribution in [2.75, 3.05) is 9.80 Å². The minimum Gasteiger partial charge on any atom is -0.268 e. The summed E-state index contributed by atoms with van der Waals surface area (Å²) >= 11 is 0. The number of carbonyl (C=O) groups is 4. The molecule has 0 spiro atoms. The van der Waals surface area contributed by atoms with Gasteiger partial charge in [0.1, 0.15) is 12.1 Å². The van der Waals surface area contributed by atoms with Crippen LogP contribution in [0.4, 0.5) is 11.4 Å². The lowest BCUT2D eigenvalue weighted by Gasteiger charge is -2.34. The van der Waals surface area contributed by atoms with Gasteiger partial charge in [0, 0.05) is 33.0 Å². The van der Waals surface area contributed by atoms with Crippen molar-refractivity contribution in [2.45, 2.75) is 52.4 Å². The molecular weight excluding hydrogens is 673 g/mol. The normalized spacial score (nSPS) is 14.5. The van der Waals surface area contributed by atoms with Gasteiger partial charge in [-0.2, -0.15) is 10.5 Å². The van der Waals surface area contributed by atoms with Crippen LogP contribution < -0.4 is 9.80 Å². The predicted octanol–water partition coefficient (Wildman–Crippen LogP) is 9.68. The molecule has 2 aliphatic heterocycles. The van der Waals surface area contributed by atoms with E-state index in [0.29, 0.717) is 38.7 Å². The first-order chi connectivity index (χ1) is 25.6. The van der Waals surface area contributed by atoms with E-state index >= 15 is 0 Å². The van der Waals surface area contributed by atoms with Gasteiger partial charge in [-0.25, -0.2) is 9.80 Å². The van der Waals surface area contributed by atoms with Crippen molar-refractivity contribution in [2.24, 2.45) is 0 Å². The molecule has 8 heteroatoms. The third-order valence-electron chi connectivity index (χ3n) is 11.1. The van der Waals surface area contributed by atoms with E-state index in [4.69, 9.17) is 0 Å². The Kier molecular flexibility index (Phi) is 6.61. The molecule has 8 nitrogen and oxygen atoms in total. The minimum atomic E-state index is -0.540. The lowest BCUT2D eigenvalue weighted by Crippen LogP contribution is -2.42. The maximum absolute atomic E-state index is 14.6. The van der Waals surface area contributed by atoms with Crippen LogP contribution in [-0.4, -0.2) is 23.6 Å². The number of nitriles is 2. The van der Waals surface area contributed by atoms with E-state index in [9.17, 15) is 29.7 Å². The van der Waals surface area contributed by atoms with E-state index in [1.807, 2.05) is 48.5 Å². The summed E-state index contributed by atoms with van der Waals surface area (Å²) in [5, 5.41) is 24.8. The van der Waals surface area contributed by atoms with Gasteiger partial charge in [0.05, 0.1) is 22.5 Å². The molecule has 0 saturated carbocycles. The molecule has 0 saturated heterocycles. The molecule has 260 valence electrons. The summed E-state index contributed by atoms with van der Waals surface area (Å²) in [6.45, 7) is 12.5. The Morgan fingerprint density at radius 1 is 0.463 bits per heavy atom. The molecule has 0 unspecified atom stereocenters. The maximum atomic E-state index is 14.6. The summed E-state index contributed by atoms with van der Waals surface area (Å²) in [6, 6.07) is 28.8. The molecule has 0 fully saturated rings. The fraction of sp³-hybridized carbons (Fsp3) is 0.174. The van der Waals surface area contributed by atoms with Crippen LogP contribution in [0, 0.1) is 22.7 Å². The summed E-state index contributed by atoms with van der Waals surface area (Å²) in [6.07, 6.45) is 0. The number of nitrogens with zero attached hydrogens (tertiary/aromatic N) is 4. The molecule has 7 aromatic rings. The lowest BCUT2D eigenvalue weighted by atomic mass is 9.79. The molecule has 4 amide bonds. The van der Waals surface area contributed by atoms with E-state index in [1.165, 1.54) is 23.1 Å². The highest BCUT2D eigenvalue weighted by Crippen LogP contribution is 2.48. The number of rotatable bonds is 2. The maximum Gasteiger partial charge on any atom is 0.265 e. The van der Waals surface area contributed by atoms with Crippen LogP contribution in [0.25, 0.3) is 43.1 Å². The zero-order chi connectivity index (χ0) is 38.2. The number of benzene rings is 7. The van der Waals surface area contributed by atoms with Crippen molar-refractivity contribution in [3.8, 4) is 12.1 Å². The minimum absolute atomic E-state index is 0.0661. The molecule has 7 aromatic carbocycles. The van der Waals surface area contributed by atoms with Gasteiger partial charge >= 0.3 is 0 Å². The van der Waals surface area contributed by atoms with Gasteiger partial charge < -0.3 is 0 Å². The highest BCUT2D eigenvalue weighted by atomic mass is 16.2. The standard InChI is InChI=1S/C46H32N4O4/c1-45(2,3)25-8-18-35(46(4,5)6)36(20-25)50-43(53)33-16-12-29-27-10-14-31-39-32(42(52)49(41(31)51)26-9-7-23(21-47)24(19-26)22-48)15-11-28(37(27)39)30-13-17-34(44(50)54)40(33)38(29)30/h7-20H,1-6H3. The monoisotopic (exact) mass is 704 g/mol. The van der Waals surface area contributed by atoms with Gasteiger partial charge in [-0.15, -0.1) is 0 Å². The molecule has 2 aliphatic rings. The SMILES string of the molecule is CC(C)(C)c1ccc(C(C)(C)C)c(N2C(=O)c3ccc4c5ccc6c7c(ccc(c8ccc(c3c48)C2=O)c75)C(=O)N(c2ccc(C#N)c(C#N)c2)C6=O)c1. The third kappa shape index (κ3) is 4.28. The summed E-state index contributed by atoms with van der Waals surface area (Å²) in [5.74, 6) is -1.85. The van der Waals surface area contributed by atoms with E-state index in [1.54, 1.807) is 24.3 Å². The van der Waals surface area contributed by atoms with Gasteiger partial charge in [-0.3, -0.25) is 19.2 Å².